The maximum Gasteiger partial charge on any atom is 0.120 e. The molecular weight excluding hydrogens is 1230 g/mol. The summed E-state index contributed by atoms with van der Waals surface area (Å²) in [6.45, 7) is 3.31. The first-order valence-corrected chi connectivity index (χ1v) is 39.9. The molecule has 0 aliphatic carbocycles. The van der Waals surface area contributed by atoms with Crippen LogP contribution >= 0.6 is 0 Å². The summed E-state index contributed by atoms with van der Waals surface area (Å²) < 4.78 is 106. The number of aryl methyl sites for hydroxylation is 2. The normalized spacial score (nSPS) is 14.6. The standard InChI is InChI=1S/C22H25GeN.C22H24GeN.C22H20NO.C2H6O.Ir/c2*1-17-10-12-19(13-11-17)22-15-20(14-18-8-6-5-7-9-18)21(16-24-22)23(2,3)4;1-22(2,3)14-15-11-12-23-19(13-15)18-9-6-8-17-16-7-4-5-10-20(16)24-21(17)18;1-2-3;/h5-13,15-16H,14H2,1-4H3;5-12,15-16H,14H2,1-4H3;4-8,10-13H,14H2,1-3H3;3H,2H2,1H3;/q;2*-1;;/i2*1D3,14D2;14D2;;. The molecule has 0 aliphatic heterocycles. The average Bonchev–Trinajstić information content (AvgIpc) is 1.50. The molecule has 5 nitrogen and oxygen atoms in total. The van der Waals surface area contributed by atoms with Crippen molar-refractivity contribution in [2.75, 3.05) is 6.61 Å². The van der Waals surface area contributed by atoms with Crippen LogP contribution in [-0.2, 0) is 39.2 Å². The Bertz CT molecular complexity index is 3770. The number of furan rings is 1. The van der Waals surface area contributed by atoms with Gasteiger partial charge in [0.05, 0.1) is 5.58 Å². The van der Waals surface area contributed by atoms with Gasteiger partial charge in [0, 0.05) is 41.0 Å². The number of benzene rings is 6. The van der Waals surface area contributed by atoms with Crippen LogP contribution in [0.1, 0.15) is 83.1 Å². The van der Waals surface area contributed by atoms with E-state index in [2.05, 4.69) is 61.6 Å². The monoisotopic (exact) mass is 1320 g/mol. The Morgan fingerprint density at radius 3 is 1.70 bits per heavy atom. The van der Waals surface area contributed by atoms with Crippen LogP contribution in [0.25, 0.3) is 55.7 Å². The molecule has 0 amide bonds. The van der Waals surface area contributed by atoms with Gasteiger partial charge in [0.15, 0.2) is 0 Å². The van der Waals surface area contributed by atoms with Crippen molar-refractivity contribution in [1.82, 2.24) is 15.0 Å². The molecule has 393 valence electrons. The predicted octanol–water partition coefficient (Wildman–Crippen LogP) is 16.2. The van der Waals surface area contributed by atoms with Gasteiger partial charge in [0.1, 0.15) is 5.58 Å². The van der Waals surface area contributed by atoms with Gasteiger partial charge in [-0.15, -0.1) is 18.2 Å². The van der Waals surface area contributed by atoms with Gasteiger partial charge in [-0.25, -0.2) is 0 Å². The molecular formula is C68H75Ge2IrN3O2-2. The van der Waals surface area contributed by atoms with E-state index < -0.39 is 64.8 Å². The summed E-state index contributed by atoms with van der Waals surface area (Å²) in [6, 6.07) is 54.9. The molecule has 0 atom stereocenters. The number of para-hydroxylation sites is 1. The van der Waals surface area contributed by atoms with E-state index in [4.69, 9.17) is 26.0 Å². The minimum absolute atomic E-state index is 0. The molecule has 10 aromatic rings. The average molecular weight is 1320 g/mol. The summed E-state index contributed by atoms with van der Waals surface area (Å²) in [5.74, 6) is 13.3. The van der Waals surface area contributed by atoms with E-state index in [0.717, 1.165) is 41.9 Å². The number of pyridine rings is 3. The molecule has 0 spiro atoms. The number of aliphatic hydroxyl groups is 1. The molecule has 0 bridgehead atoms. The Kier molecular flexibility index (Phi) is 15.7. The summed E-state index contributed by atoms with van der Waals surface area (Å²) in [6.07, 6.45) is 0.493. The quantitative estimate of drug-likeness (QED) is 0.109. The fourth-order valence-corrected chi connectivity index (χ4v) is 14.0. The number of rotatable bonds is 10. The van der Waals surface area contributed by atoms with Gasteiger partial charge in [-0.3, -0.25) is 0 Å². The van der Waals surface area contributed by atoms with Crippen LogP contribution < -0.4 is 8.79 Å². The molecule has 10 rings (SSSR count). The Morgan fingerprint density at radius 2 is 1.14 bits per heavy atom. The topological polar surface area (TPSA) is 72.0 Å². The van der Waals surface area contributed by atoms with E-state index in [1.807, 2.05) is 124 Å². The Balaban J connectivity index is 0.000000205. The van der Waals surface area contributed by atoms with Gasteiger partial charge in [0.2, 0.25) is 0 Å². The third kappa shape index (κ3) is 16.6. The summed E-state index contributed by atoms with van der Waals surface area (Å²) in [7, 11) is 0. The van der Waals surface area contributed by atoms with Gasteiger partial charge in [-0.1, -0.05) is 61.5 Å². The summed E-state index contributed by atoms with van der Waals surface area (Å²) in [5.41, 5.74) is 8.73. The first-order valence-electron chi connectivity index (χ1n) is 31.2. The predicted molar refractivity (Wildman–Crippen MR) is 324 cm³/mol. The summed E-state index contributed by atoms with van der Waals surface area (Å²) >= 11 is -4.82. The molecule has 1 radical (unpaired) electrons. The SMILES string of the molecule is CCO.[2H]C([2H])([2H])c1c[c-]c(-c2cc(C([2H])([2H])c3ccccc3)[c]([Ge]([CH3])([CH3])[CH3])cn2)cc1.[2H]C([2H])([2H])c1ccc(-c2cc(C([2H])([2H])c3ccccc3)[c]([Ge]([CH3])([CH3])[CH3])cn2)cc1.[2H]C([2H])(c1ccnc(-c2[c-]ccc3c2oc2ccccc23)c1)C(C)(C)C.[Ir]. The number of aromatic nitrogens is 3. The van der Waals surface area contributed by atoms with Crippen molar-refractivity contribution < 1.29 is 46.1 Å². The number of fused-ring (bicyclic) bond motifs is 3. The zero-order chi connectivity index (χ0) is 64.1. The van der Waals surface area contributed by atoms with Crippen molar-refractivity contribution in [2.45, 2.75) is 95.1 Å². The van der Waals surface area contributed by atoms with E-state index >= 15 is 0 Å². The number of hydrogen-bond acceptors (Lipinski definition) is 5. The number of nitrogens with zero attached hydrogens (tertiary/aromatic N) is 3. The largest absolute Gasteiger partial charge is 0.501 e. The number of aliphatic hydroxyl groups excluding tert-OH is 1. The first-order chi connectivity index (χ1) is 40.5. The molecule has 4 aromatic heterocycles. The van der Waals surface area contributed by atoms with Gasteiger partial charge in [-0.2, -0.15) is 0 Å². The van der Waals surface area contributed by atoms with Crippen LogP contribution in [-0.4, -0.2) is 53.2 Å². The van der Waals surface area contributed by atoms with Crippen LogP contribution in [0.5, 0.6) is 0 Å². The van der Waals surface area contributed by atoms with Crippen LogP contribution in [0.15, 0.2) is 187 Å². The van der Waals surface area contributed by atoms with Crippen LogP contribution in [0.3, 0.4) is 0 Å². The first kappa shape index (κ1) is 44.3. The second kappa shape index (κ2) is 27.0. The Morgan fingerprint density at radius 1 is 0.592 bits per heavy atom. The second-order valence-corrected chi connectivity index (χ2v) is 42.2. The third-order valence-electron chi connectivity index (χ3n) is 11.7. The van der Waals surface area contributed by atoms with Crippen LogP contribution in [0.4, 0.5) is 0 Å². The molecule has 0 aliphatic rings. The zero-order valence-electron chi connectivity index (χ0n) is 57.1. The minimum atomic E-state index is -2.42. The molecule has 0 saturated heterocycles. The maximum absolute atomic E-state index is 8.90. The summed E-state index contributed by atoms with van der Waals surface area (Å²) in [5, 5.41) is 9.64. The summed E-state index contributed by atoms with van der Waals surface area (Å²) in [4.78, 5) is 13.7. The molecule has 0 saturated carbocycles. The maximum atomic E-state index is 8.90. The van der Waals surface area contributed by atoms with Gasteiger partial charge < -0.3 is 14.5 Å². The zero-order valence-corrected chi connectivity index (χ0v) is 51.6. The van der Waals surface area contributed by atoms with Crippen molar-refractivity contribution in [3.05, 3.63) is 233 Å². The van der Waals surface area contributed by atoms with E-state index in [1.54, 1.807) is 80.0 Å². The van der Waals surface area contributed by atoms with E-state index in [1.165, 1.54) is 6.07 Å². The Labute approximate surface area is 489 Å². The molecule has 1 N–H and O–H groups in total. The van der Waals surface area contributed by atoms with Crippen molar-refractivity contribution in [2.24, 2.45) is 5.41 Å². The van der Waals surface area contributed by atoms with Gasteiger partial charge in [0.25, 0.3) is 0 Å². The van der Waals surface area contributed by atoms with Crippen molar-refractivity contribution in [1.29, 1.82) is 0 Å². The van der Waals surface area contributed by atoms with Crippen molar-refractivity contribution in [3.8, 4) is 33.8 Å². The van der Waals surface area contributed by atoms with Crippen LogP contribution in [0, 0.1) is 31.3 Å². The Hall–Kier alpha value is -5.73. The smallest absolute Gasteiger partial charge is 0.120 e. The molecule has 4 heterocycles. The fraction of sp³-hybridized carbons (Fsp3) is 0.250. The molecule has 76 heavy (non-hydrogen) atoms. The van der Waals surface area contributed by atoms with Gasteiger partial charge >= 0.3 is 310 Å². The van der Waals surface area contributed by atoms with E-state index in [9.17, 15) is 0 Å². The third-order valence-corrected chi connectivity index (χ3v) is 20.1. The van der Waals surface area contributed by atoms with Crippen molar-refractivity contribution >= 4 is 57.3 Å². The van der Waals surface area contributed by atoms with Crippen LogP contribution in [0.2, 0.25) is 34.5 Å². The molecule has 0 unspecified atom stereocenters. The molecule has 6 aromatic carbocycles. The minimum Gasteiger partial charge on any atom is -0.501 e. The molecule has 8 heteroatoms. The van der Waals surface area contributed by atoms with E-state index in [0.29, 0.717) is 50.5 Å². The number of hydrogen-bond donors (Lipinski definition) is 1. The van der Waals surface area contributed by atoms with E-state index in [-0.39, 0.29) is 37.8 Å². The fourth-order valence-electron chi connectivity index (χ4n) is 8.16. The second-order valence-electron chi connectivity index (χ2n) is 21.1. The molecule has 0 fully saturated rings. The van der Waals surface area contributed by atoms with Crippen molar-refractivity contribution in [3.63, 3.8) is 0 Å². The van der Waals surface area contributed by atoms with Gasteiger partial charge in [-0.05, 0) is 36.5 Å².